The van der Waals surface area contributed by atoms with Gasteiger partial charge in [-0.2, -0.15) is 13.2 Å². The molecule has 0 aliphatic rings. The van der Waals surface area contributed by atoms with E-state index in [0.717, 1.165) is 17.8 Å². The molecular weight excluding hydrogens is 279 g/mol. The minimum absolute atomic E-state index is 0.103. The number of halogens is 4. The van der Waals surface area contributed by atoms with Crippen molar-refractivity contribution in [2.45, 2.75) is 12.1 Å². The Kier molecular flexibility index (Phi) is 3.95. The standard InChI is InChI=1S/C13H9ClF3NO/c14-7-9-1-4-11(5-2-9)19-12-6-3-10(8-18-12)13(15,16)17/h1-6,8H,7H2. The molecule has 0 saturated carbocycles. The lowest BCUT2D eigenvalue weighted by atomic mass is 10.2. The van der Waals surface area contributed by atoms with Crippen molar-refractivity contribution in [1.29, 1.82) is 0 Å². The Morgan fingerprint density at radius 3 is 2.21 bits per heavy atom. The predicted molar refractivity (Wildman–Crippen MR) is 65.3 cm³/mol. The quantitative estimate of drug-likeness (QED) is 0.768. The van der Waals surface area contributed by atoms with Gasteiger partial charge in [-0.15, -0.1) is 11.6 Å². The van der Waals surface area contributed by atoms with E-state index in [1.807, 2.05) is 0 Å². The van der Waals surface area contributed by atoms with Gasteiger partial charge in [0.05, 0.1) is 5.56 Å². The molecular formula is C13H9ClF3NO. The number of alkyl halides is 4. The number of aromatic nitrogens is 1. The van der Waals surface area contributed by atoms with Crippen molar-refractivity contribution in [3.8, 4) is 11.6 Å². The number of nitrogens with zero attached hydrogens (tertiary/aromatic N) is 1. The lowest BCUT2D eigenvalue weighted by Gasteiger charge is -2.08. The van der Waals surface area contributed by atoms with Gasteiger partial charge < -0.3 is 4.74 Å². The number of ether oxygens (including phenoxy) is 1. The molecule has 6 heteroatoms. The molecule has 0 fully saturated rings. The molecule has 2 rings (SSSR count). The minimum Gasteiger partial charge on any atom is -0.439 e. The SMILES string of the molecule is FC(F)(F)c1ccc(Oc2ccc(CCl)cc2)nc1. The van der Waals surface area contributed by atoms with Crippen LogP contribution >= 0.6 is 11.6 Å². The highest BCUT2D eigenvalue weighted by atomic mass is 35.5. The van der Waals surface area contributed by atoms with Crippen LogP contribution in [0.25, 0.3) is 0 Å². The zero-order valence-corrected chi connectivity index (χ0v) is 10.4. The van der Waals surface area contributed by atoms with E-state index in [-0.39, 0.29) is 5.88 Å². The third-order valence-electron chi connectivity index (χ3n) is 2.36. The van der Waals surface area contributed by atoms with E-state index in [9.17, 15) is 13.2 Å². The molecule has 0 saturated heterocycles. The van der Waals surface area contributed by atoms with Crippen LogP contribution in [0, 0.1) is 0 Å². The first-order chi connectivity index (χ1) is 8.99. The Hall–Kier alpha value is -1.75. The van der Waals surface area contributed by atoms with Gasteiger partial charge in [0.15, 0.2) is 0 Å². The predicted octanol–water partition coefficient (Wildman–Crippen LogP) is 4.63. The summed E-state index contributed by atoms with van der Waals surface area (Å²) in [5.41, 5.74) is 0.117. The van der Waals surface area contributed by atoms with Gasteiger partial charge in [0.2, 0.25) is 5.88 Å². The maximum Gasteiger partial charge on any atom is 0.417 e. The lowest BCUT2D eigenvalue weighted by molar-refractivity contribution is -0.137. The average Bonchev–Trinajstić information content (AvgIpc) is 2.39. The maximum absolute atomic E-state index is 12.3. The summed E-state index contributed by atoms with van der Waals surface area (Å²) in [6, 6.07) is 9.00. The van der Waals surface area contributed by atoms with Crippen molar-refractivity contribution in [3.63, 3.8) is 0 Å². The monoisotopic (exact) mass is 287 g/mol. The molecule has 0 aliphatic carbocycles. The first kappa shape index (κ1) is 13.7. The van der Waals surface area contributed by atoms with Crippen LogP contribution in [0.5, 0.6) is 11.6 Å². The summed E-state index contributed by atoms with van der Waals surface area (Å²) in [5, 5.41) is 0. The molecule has 1 heterocycles. The van der Waals surface area contributed by atoms with Crippen LogP contribution in [-0.4, -0.2) is 4.98 Å². The van der Waals surface area contributed by atoms with E-state index >= 15 is 0 Å². The summed E-state index contributed by atoms with van der Waals surface area (Å²) in [6.07, 6.45) is -3.66. The van der Waals surface area contributed by atoms with Crippen molar-refractivity contribution in [1.82, 2.24) is 4.98 Å². The fourth-order valence-corrected chi connectivity index (χ4v) is 1.55. The van der Waals surface area contributed by atoms with E-state index in [0.29, 0.717) is 11.6 Å². The van der Waals surface area contributed by atoms with Crippen LogP contribution in [0.4, 0.5) is 13.2 Å². The van der Waals surface area contributed by atoms with Crippen LogP contribution in [0.2, 0.25) is 0 Å². The normalized spacial score (nSPS) is 11.4. The second-order valence-corrected chi connectivity index (χ2v) is 4.03. The van der Waals surface area contributed by atoms with Gasteiger partial charge in [0.1, 0.15) is 5.75 Å². The second kappa shape index (κ2) is 5.48. The summed E-state index contributed by atoms with van der Waals surface area (Å²) in [4.78, 5) is 3.61. The van der Waals surface area contributed by atoms with Gasteiger partial charge >= 0.3 is 6.18 Å². The molecule has 1 aromatic carbocycles. The Bertz CT molecular complexity index is 537. The van der Waals surface area contributed by atoms with Crippen molar-refractivity contribution < 1.29 is 17.9 Å². The number of pyridine rings is 1. The molecule has 0 N–H and O–H groups in total. The van der Waals surface area contributed by atoms with E-state index < -0.39 is 11.7 Å². The smallest absolute Gasteiger partial charge is 0.417 e. The highest BCUT2D eigenvalue weighted by Gasteiger charge is 2.30. The lowest BCUT2D eigenvalue weighted by Crippen LogP contribution is -2.05. The van der Waals surface area contributed by atoms with Gasteiger partial charge in [-0.25, -0.2) is 4.98 Å². The average molecular weight is 288 g/mol. The molecule has 0 spiro atoms. The van der Waals surface area contributed by atoms with Gasteiger partial charge in [0, 0.05) is 18.1 Å². The van der Waals surface area contributed by atoms with Gasteiger partial charge in [-0.3, -0.25) is 0 Å². The van der Waals surface area contributed by atoms with Gasteiger partial charge in [-0.1, -0.05) is 12.1 Å². The summed E-state index contributed by atoms with van der Waals surface area (Å²) in [7, 11) is 0. The van der Waals surface area contributed by atoms with Crippen LogP contribution < -0.4 is 4.74 Å². The van der Waals surface area contributed by atoms with E-state index in [1.165, 1.54) is 6.07 Å². The Morgan fingerprint density at radius 2 is 1.74 bits per heavy atom. The minimum atomic E-state index is -4.40. The molecule has 2 aromatic rings. The van der Waals surface area contributed by atoms with Gasteiger partial charge in [0.25, 0.3) is 0 Å². The summed E-state index contributed by atoms with van der Waals surface area (Å²) < 4.78 is 42.3. The molecule has 19 heavy (non-hydrogen) atoms. The highest BCUT2D eigenvalue weighted by molar-refractivity contribution is 6.17. The summed E-state index contributed by atoms with van der Waals surface area (Å²) in [5.74, 6) is 0.978. The van der Waals surface area contributed by atoms with Crippen molar-refractivity contribution >= 4 is 11.6 Å². The fourth-order valence-electron chi connectivity index (χ4n) is 1.38. The first-order valence-corrected chi connectivity index (χ1v) is 5.88. The number of rotatable bonds is 3. The molecule has 1 aromatic heterocycles. The van der Waals surface area contributed by atoms with E-state index in [4.69, 9.17) is 16.3 Å². The Morgan fingerprint density at radius 1 is 1.05 bits per heavy atom. The zero-order valence-electron chi connectivity index (χ0n) is 9.62. The molecule has 2 nitrogen and oxygen atoms in total. The van der Waals surface area contributed by atoms with Crippen molar-refractivity contribution in [2.24, 2.45) is 0 Å². The molecule has 0 aliphatic heterocycles. The maximum atomic E-state index is 12.3. The van der Waals surface area contributed by atoms with Crippen LogP contribution in [0.15, 0.2) is 42.6 Å². The molecule has 0 radical (unpaired) electrons. The molecule has 100 valence electrons. The fraction of sp³-hybridized carbons (Fsp3) is 0.154. The summed E-state index contributed by atoms with van der Waals surface area (Å²) >= 11 is 5.64. The molecule has 0 amide bonds. The van der Waals surface area contributed by atoms with Crippen LogP contribution in [0.1, 0.15) is 11.1 Å². The van der Waals surface area contributed by atoms with Crippen LogP contribution in [-0.2, 0) is 12.1 Å². The largest absolute Gasteiger partial charge is 0.439 e. The summed E-state index contributed by atoms with van der Waals surface area (Å²) in [6.45, 7) is 0. The zero-order chi connectivity index (χ0) is 13.9. The van der Waals surface area contributed by atoms with E-state index in [2.05, 4.69) is 4.98 Å². The number of hydrogen-bond donors (Lipinski definition) is 0. The van der Waals surface area contributed by atoms with Crippen molar-refractivity contribution in [2.75, 3.05) is 0 Å². The topological polar surface area (TPSA) is 22.1 Å². The van der Waals surface area contributed by atoms with Gasteiger partial charge in [-0.05, 0) is 23.8 Å². The van der Waals surface area contributed by atoms with Crippen LogP contribution in [0.3, 0.4) is 0 Å². The third-order valence-corrected chi connectivity index (χ3v) is 2.67. The third kappa shape index (κ3) is 3.61. The number of benzene rings is 1. The number of hydrogen-bond acceptors (Lipinski definition) is 2. The Balaban J connectivity index is 2.10. The van der Waals surface area contributed by atoms with E-state index in [1.54, 1.807) is 24.3 Å². The second-order valence-electron chi connectivity index (χ2n) is 3.76. The first-order valence-electron chi connectivity index (χ1n) is 5.35. The molecule has 0 unspecified atom stereocenters. The molecule has 0 atom stereocenters. The molecule has 0 bridgehead atoms. The highest BCUT2D eigenvalue weighted by Crippen LogP contribution is 2.30. The Labute approximate surface area is 112 Å². The van der Waals surface area contributed by atoms with Crippen molar-refractivity contribution in [3.05, 3.63) is 53.7 Å².